The summed E-state index contributed by atoms with van der Waals surface area (Å²) in [5.74, 6) is 0. The molecular formula is C14H14N2O2. The summed E-state index contributed by atoms with van der Waals surface area (Å²) in [5, 5.41) is 0. The lowest BCUT2D eigenvalue weighted by Gasteiger charge is -2.29. The lowest BCUT2D eigenvalue weighted by molar-refractivity contribution is 0.0358. The lowest BCUT2D eigenvalue weighted by Crippen LogP contribution is -2.28. The van der Waals surface area contributed by atoms with E-state index in [1.807, 2.05) is 18.2 Å². The van der Waals surface area contributed by atoms with Gasteiger partial charge in [0.25, 0.3) is 0 Å². The number of nitrogens with zero attached hydrogens (tertiary/aromatic N) is 1. The van der Waals surface area contributed by atoms with Gasteiger partial charge in [-0.2, -0.15) is 0 Å². The van der Waals surface area contributed by atoms with Crippen molar-refractivity contribution in [3.8, 4) is 0 Å². The van der Waals surface area contributed by atoms with E-state index in [9.17, 15) is 4.79 Å². The van der Waals surface area contributed by atoms with Crippen LogP contribution in [0.3, 0.4) is 0 Å². The summed E-state index contributed by atoms with van der Waals surface area (Å²) in [6.07, 6.45) is 7.07. The summed E-state index contributed by atoms with van der Waals surface area (Å²) in [5.41, 5.74) is 1.38. The minimum absolute atomic E-state index is 0.101. The average molecular weight is 242 g/mol. The molecule has 2 aromatic heterocycles. The number of H-pyrrole nitrogens is 1. The molecule has 3 rings (SSSR count). The average Bonchev–Trinajstić information content (AvgIpc) is 2.90. The molecule has 0 radical (unpaired) electrons. The highest BCUT2D eigenvalue weighted by Gasteiger charge is 2.38. The molecule has 4 heteroatoms. The quantitative estimate of drug-likeness (QED) is 0.874. The van der Waals surface area contributed by atoms with E-state index in [0.29, 0.717) is 0 Å². The van der Waals surface area contributed by atoms with Crippen molar-refractivity contribution in [3.63, 3.8) is 0 Å². The Hall–Kier alpha value is -1.94. The van der Waals surface area contributed by atoms with Crippen molar-refractivity contribution < 1.29 is 4.74 Å². The summed E-state index contributed by atoms with van der Waals surface area (Å²) < 4.78 is 5.99. The molecule has 1 fully saturated rings. The Bertz CT molecular complexity index is 586. The minimum atomic E-state index is -0.489. The molecule has 0 aromatic carbocycles. The van der Waals surface area contributed by atoms with Crippen LogP contribution < -0.4 is 5.56 Å². The third-order valence-electron chi connectivity index (χ3n) is 3.41. The van der Waals surface area contributed by atoms with Crippen molar-refractivity contribution in [2.24, 2.45) is 0 Å². The van der Waals surface area contributed by atoms with Crippen molar-refractivity contribution in [1.29, 1.82) is 0 Å². The van der Waals surface area contributed by atoms with Crippen LogP contribution in [0.15, 0.2) is 47.7 Å². The zero-order chi connectivity index (χ0) is 12.4. The van der Waals surface area contributed by atoms with Gasteiger partial charge in [0.05, 0.1) is 0 Å². The van der Waals surface area contributed by atoms with Gasteiger partial charge in [-0.05, 0) is 42.2 Å². The number of nitrogens with one attached hydrogen (secondary N) is 1. The zero-order valence-electron chi connectivity index (χ0n) is 9.93. The standard InChI is InChI=1S/C14H14N2O2/c17-13-10-12(4-8-16-13)14(5-1-9-18-14)11-2-6-15-7-3-11/h2-4,6-8,10H,1,5,9H2,(H,16,17). The van der Waals surface area contributed by atoms with E-state index in [1.54, 1.807) is 24.7 Å². The first-order valence-electron chi connectivity index (χ1n) is 6.05. The van der Waals surface area contributed by atoms with E-state index < -0.39 is 5.60 Å². The van der Waals surface area contributed by atoms with Gasteiger partial charge in [0.1, 0.15) is 5.60 Å². The smallest absolute Gasteiger partial charge is 0.248 e. The molecule has 0 amide bonds. The van der Waals surface area contributed by atoms with Gasteiger partial charge in [-0.25, -0.2) is 0 Å². The Morgan fingerprint density at radius 1 is 1.22 bits per heavy atom. The Labute approximate surface area is 105 Å². The van der Waals surface area contributed by atoms with Gasteiger partial charge in [-0.15, -0.1) is 0 Å². The van der Waals surface area contributed by atoms with Gasteiger partial charge >= 0.3 is 0 Å². The van der Waals surface area contributed by atoms with Crippen LogP contribution in [0.25, 0.3) is 0 Å². The molecule has 1 unspecified atom stereocenters. The Balaban J connectivity index is 2.16. The zero-order valence-corrected chi connectivity index (χ0v) is 9.93. The Morgan fingerprint density at radius 2 is 2.06 bits per heavy atom. The number of pyridine rings is 2. The largest absolute Gasteiger partial charge is 0.366 e. The predicted molar refractivity (Wildman–Crippen MR) is 67.3 cm³/mol. The molecule has 1 atom stereocenters. The number of aromatic nitrogens is 2. The lowest BCUT2D eigenvalue weighted by atomic mass is 9.85. The third kappa shape index (κ3) is 1.75. The second-order valence-corrected chi connectivity index (χ2v) is 4.46. The van der Waals surface area contributed by atoms with Crippen LogP contribution in [0.4, 0.5) is 0 Å². The normalized spacial score (nSPS) is 23.1. The molecule has 1 aliphatic rings. The van der Waals surface area contributed by atoms with Gasteiger partial charge in [-0.3, -0.25) is 9.78 Å². The third-order valence-corrected chi connectivity index (χ3v) is 3.41. The molecule has 4 nitrogen and oxygen atoms in total. The molecule has 0 spiro atoms. The van der Waals surface area contributed by atoms with Crippen LogP contribution in [-0.2, 0) is 10.3 Å². The summed E-state index contributed by atoms with van der Waals surface area (Å²) in [6.45, 7) is 0.717. The monoisotopic (exact) mass is 242 g/mol. The highest BCUT2D eigenvalue weighted by Crippen LogP contribution is 2.41. The van der Waals surface area contributed by atoms with Gasteiger partial charge in [0, 0.05) is 31.3 Å². The topological polar surface area (TPSA) is 55.0 Å². The first-order valence-corrected chi connectivity index (χ1v) is 6.05. The molecule has 1 N–H and O–H groups in total. The van der Waals surface area contributed by atoms with Crippen LogP contribution in [0.5, 0.6) is 0 Å². The maximum Gasteiger partial charge on any atom is 0.248 e. The van der Waals surface area contributed by atoms with Gasteiger partial charge in [0.2, 0.25) is 5.56 Å². The van der Waals surface area contributed by atoms with E-state index in [4.69, 9.17) is 4.74 Å². The van der Waals surface area contributed by atoms with Crippen LogP contribution in [0, 0.1) is 0 Å². The van der Waals surface area contributed by atoms with E-state index in [-0.39, 0.29) is 5.56 Å². The van der Waals surface area contributed by atoms with Crippen molar-refractivity contribution in [2.45, 2.75) is 18.4 Å². The molecule has 1 saturated heterocycles. The molecule has 0 saturated carbocycles. The first-order chi connectivity index (χ1) is 8.81. The summed E-state index contributed by atoms with van der Waals surface area (Å²) in [7, 11) is 0. The number of ether oxygens (including phenoxy) is 1. The van der Waals surface area contributed by atoms with Crippen LogP contribution >= 0.6 is 0 Å². The fraction of sp³-hybridized carbons (Fsp3) is 0.286. The van der Waals surface area contributed by atoms with E-state index in [2.05, 4.69) is 9.97 Å². The summed E-state index contributed by atoms with van der Waals surface area (Å²) >= 11 is 0. The SMILES string of the molecule is O=c1cc(C2(c3ccncc3)CCCO2)cc[nH]1. The van der Waals surface area contributed by atoms with Crippen molar-refractivity contribution in [3.05, 3.63) is 64.3 Å². The van der Waals surface area contributed by atoms with Gasteiger partial charge < -0.3 is 9.72 Å². The van der Waals surface area contributed by atoms with Crippen molar-refractivity contribution in [2.75, 3.05) is 6.61 Å². The van der Waals surface area contributed by atoms with Gasteiger partial charge in [-0.1, -0.05) is 0 Å². The molecule has 1 aliphatic heterocycles. The molecule has 0 bridgehead atoms. The molecular weight excluding hydrogens is 228 g/mol. The fourth-order valence-electron chi connectivity index (χ4n) is 2.58. The van der Waals surface area contributed by atoms with Crippen molar-refractivity contribution in [1.82, 2.24) is 9.97 Å². The maximum absolute atomic E-state index is 11.5. The maximum atomic E-state index is 11.5. The first kappa shape index (κ1) is 11.2. The minimum Gasteiger partial charge on any atom is -0.366 e. The second kappa shape index (κ2) is 4.38. The van der Waals surface area contributed by atoms with Gasteiger partial charge in [0.15, 0.2) is 0 Å². The van der Waals surface area contributed by atoms with Crippen LogP contribution in [-0.4, -0.2) is 16.6 Å². The van der Waals surface area contributed by atoms with E-state index in [1.165, 1.54) is 0 Å². The van der Waals surface area contributed by atoms with Crippen molar-refractivity contribution >= 4 is 0 Å². The predicted octanol–water partition coefficient (Wildman–Crippen LogP) is 1.82. The fourth-order valence-corrected chi connectivity index (χ4v) is 2.58. The highest BCUT2D eigenvalue weighted by molar-refractivity contribution is 5.35. The number of hydrogen-bond acceptors (Lipinski definition) is 3. The summed E-state index contributed by atoms with van der Waals surface area (Å²) in [6, 6.07) is 7.43. The molecule has 0 aliphatic carbocycles. The number of aromatic amines is 1. The highest BCUT2D eigenvalue weighted by atomic mass is 16.5. The van der Waals surface area contributed by atoms with E-state index >= 15 is 0 Å². The molecule has 3 heterocycles. The number of rotatable bonds is 2. The molecule has 92 valence electrons. The second-order valence-electron chi connectivity index (χ2n) is 4.46. The van der Waals surface area contributed by atoms with Crippen LogP contribution in [0.2, 0.25) is 0 Å². The summed E-state index contributed by atoms with van der Waals surface area (Å²) in [4.78, 5) is 18.2. The van der Waals surface area contributed by atoms with E-state index in [0.717, 1.165) is 30.6 Å². The Morgan fingerprint density at radius 3 is 2.72 bits per heavy atom. The molecule has 2 aromatic rings. The molecule has 18 heavy (non-hydrogen) atoms. The Kier molecular flexibility index (Phi) is 2.72. The number of hydrogen-bond donors (Lipinski definition) is 1. The van der Waals surface area contributed by atoms with Crippen LogP contribution in [0.1, 0.15) is 24.0 Å².